The first-order valence-electron chi connectivity index (χ1n) is 6.88. The third kappa shape index (κ3) is 4.46. The number of aldehydes is 1. The molecule has 2 rings (SSSR count). The molecule has 0 bridgehead atoms. The van der Waals surface area contributed by atoms with Gasteiger partial charge in [-0.05, 0) is 23.8 Å². The summed E-state index contributed by atoms with van der Waals surface area (Å²) in [7, 11) is 0. The topological polar surface area (TPSA) is 34.1 Å². The average Bonchev–Trinajstić information content (AvgIpc) is 2.53. The van der Waals surface area contributed by atoms with Crippen LogP contribution < -0.4 is 0 Å². The van der Waals surface area contributed by atoms with Gasteiger partial charge in [-0.25, -0.2) is 0 Å². The molecule has 0 atom stereocenters. The highest BCUT2D eigenvalue weighted by Gasteiger charge is 2.37. The zero-order valence-electron chi connectivity index (χ0n) is 12.4. The van der Waals surface area contributed by atoms with E-state index in [-0.39, 0.29) is 17.2 Å². The summed E-state index contributed by atoms with van der Waals surface area (Å²) in [4.78, 5) is 23.1. The van der Waals surface area contributed by atoms with Crippen molar-refractivity contribution >= 4 is 12.1 Å². The molecule has 0 saturated carbocycles. The lowest BCUT2D eigenvalue weighted by Crippen LogP contribution is -2.14. The van der Waals surface area contributed by atoms with Gasteiger partial charge in [0.2, 0.25) is 0 Å². The van der Waals surface area contributed by atoms with Gasteiger partial charge in [0.1, 0.15) is 6.29 Å². The fraction of sp³-hybridized carbons (Fsp3) is 0.176. The van der Waals surface area contributed by atoms with Crippen molar-refractivity contribution in [1.82, 2.24) is 0 Å². The van der Waals surface area contributed by atoms with Crippen molar-refractivity contribution in [2.75, 3.05) is 0 Å². The Kier molecular flexibility index (Phi) is 5.01. The van der Waals surface area contributed by atoms with Gasteiger partial charge in [-0.3, -0.25) is 9.59 Å². The molecule has 2 aromatic carbocycles. The second-order valence-electron chi connectivity index (χ2n) is 5.21. The number of carbonyl (C=O) groups excluding carboxylic acids is 2. The molecule has 0 spiro atoms. The Balaban J connectivity index is 2.47. The molecule has 0 aromatic heterocycles. The number of rotatable bonds is 4. The monoisotopic (exact) mass is 360 g/mol. The van der Waals surface area contributed by atoms with Crippen LogP contribution >= 0.6 is 0 Å². The molecule has 0 aliphatic rings. The minimum Gasteiger partial charge on any atom is -0.298 e. The van der Waals surface area contributed by atoms with Crippen LogP contribution in [0.4, 0.5) is 26.3 Å². The van der Waals surface area contributed by atoms with E-state index in [9.17, 15) is 35.9 Å². The van der Waals surface area contributed by atoms with Crippen LogP contribution in [0.5, 0.6) is 0 Å². The lowest BCUT2D eigenvalue weighted by Gasteiger charge is -2.14. The smallest absolute Gasteiger partial charge is 0.298 e. The van der Waals surface area contributed by atoms with Crippen molar-refractivity contribution < 1.29 is 35.9 Å². The van der Waals surface area contributed by atoms with Gasteiger partial charge in [-0.2, -0.15) is 26.3 Å². The number of hydrogen-bond donors (Lipinski definition) is 0. The maximum Gasteiger partial charge on any atom is 0.416 e. The van der Waals surface area contributed by atoms with Gasteiger partial charge in [0.25, 0.3) is 0 Å². The van der Waals surface area contributed by atoms with Gasteiger partial charge < -0.3 is 0 Å². The SMILES string of the molecule is O=Cc1ccccc1CC(=O)c1cc(C(F)(F)F)cc(C(F)(F)F)c1. The Bertz CT molecular complexity index is 773. The predicted molar refractivity (Wildman–Crippen MR) is 76.3 cm³/mol. The van der Waals surface area contributed by atoms with Crippen LogP contribution in [0.15, 0.2) is 42.5 Å². The zero-order chi connectivity index (χ0) is 18.8. The molecule has 0 saturated heterocycles. The van der Waals surface area contributed by atoms with E-state index in [4.69, 9.17) is 0 Å². The number of halogens is 6. The number of ketones is 1. The highest BCUT2D eigenvalue weighted by atomic mass is 19.4. The molecule has 25 heavy (non-hydrogen) atoms. The summed E-state index contributed by atoms with van der Waals surface area (Å²) in [6.07, 6.45) is -10.1. The number of Topliss-reactive ketones (excluding diaryl/α,β-unsaturated/α-hetero) is 1. The molecule has 0 radical (unpaired) electrons. The van der Waals surface area contributed by atoms with Crippen LogP contribution in [0.25, 0.3) is 0 Å². The standard InChI is InChI=1S/C17H10F6O2/c18-16(19,20)13-5-12(6-14(8-13)17(21,22)23)15(25)7-10-3-1-2-4-11(10)9-24/h1-6,8-9H,7H2. The maximum absolute atomic E-state index is 12.8. The van der Waals surface area contributed by atoms with Gasteiger partial charge in [0.15, 0.2) is 5.78 Å². The maximum atomic E-state index is 12.8. The number of carbonyl (C=O) groups is 2. The third-order valence-corrected chi connectivity index (χ3v) is 3.44. The molecule has 0 aliphatic heterocycles. The van der Waals surface area contributed by atoms with Crippen molar-refractivity contribution in [1.29, 1.82) is 0 Å². The molecule has 0 aliphatic carbocycles. The average molecular weight is 360 g/mol. The highest BCUT2D eigenvalue weighted by molar-refractivity contribution is 5.99. The van der Waals surface area contributed by atoms with E-state index in [1.165, 1.54) is 24.3 Å². The van der Waals surface area contributed by atoms with Crippen LogP contribution in [-0.4, -0.2) is 12.1 Å². The third-order valence-electron chi connectivity index (χ3n) is 3.44. The van der Waals surface area contributed by atoms with Crippen LogP contribution in [0.1, 0.15) is 37.4 Å². The minimum absolute atomic E-state index is 0.0455. The first-order valence-corrected chi connectivity index (χ1v) is 6.88. The number of alkyl halides is 6. The van der Waals surface area contributed by atoms with Crippen LogP contribution in [0.3, 0.4) is 0 Å². The van der Waals surface area contributed by atoms with Gasteiger partial charge >= 0.3 is 12.4 Å². The number of hydrogen-bond acceptors (Lipinski definition) is 2. The second kappa shape index (κ2) is 6.70. The van der Waals surface area contributed by atoms with E-state index >= 15 is 0 Å². The first-order chi connectivity index (χ1) is 11.5. The van der Waals surface area contributed by atoms with Gasteiger partial charge in [0.05, 0.1) is 11.1 Å². The van der Waals surface area contributed by atoms with Crippen LogP contribution in [0, 0.1) is 0 Å². The van der Waals surface area contributed by atoms with E-state index in [2.05, 4.69) is 0 Å². The summed E-state index contributed by atoms with van der Waals surface area (Å²) in [5.41, 5.74) is -3.49. The van der Waals surface area contributed by atoms with Crippen molar-refractivity contribution in [3.8, 4) is 0 Å². The molecule has 0 fully saturated rings. The van der Waals surface area contributed by atoms with Crippen molar-refractivity contribution in [3.63, 3.8) is 0 Å². The Morgan fingerprint density at radius 1 is 0.880 bits per heavy atom. The van der Waals surface area contributed by atoms with E-state index in [1.807, 2.05) is 0 Å². The fourth-order valence-electron chi connectivity index (χ4n) is 2.20. The summed E-state index contributed by atoms with van der Waals surface area (Å²) >= 11 is 0. The van der Waals surface area contributed by atoms with E-state index in [0.717, 1.165) is 0 Å². The lowest BCUT2D eigenvalue weighted by atomic mass is 9.96. The second-order valence-corrected chi connectivity index (χ2v) is 5.21. The first kappa shape index (κ1) is 18.7. The molecular formula is C17H10F6O2. The molecule has 2 nitrogen and oxygen atoms in total. The van der Waals surface area contributed by atoms with Crippen LogP contribution in [-0.2, 0) is 18.8 Å². The normalized spacial score (nSPS) is 12.1. The molecule has 0 heterocycles. The van der Waals surface area contributed by atoms with Gasteiger partial charge in [-0.15, -0.1) is 0 Å². The largest absolute Gasteiger partial charge is 0.416 e. The zero-order valence-corrected chi connectivity index (χ0v) is 12.4. The molecule has 132 valence electrons. The van der Waals surface area contributed by atoms with Gasteiger partial charge in [-0.1, -0.05) is 24.3 Å². The molecule has 0 unspecified atom stereocenters. The Labute approximate surface area is 138 Å². The Hall–Kier alpha value is -2.64. The van der Waals surface area contributed by atoms with Crippen LogP contribution in [0.2, 0.25) is 0 Å². The van der Waals surface area contributed by atoms with E-state index in [0.29, 0.717) is 18.4 Å². The number of benzene rings is 2. The minimum atomic E-state index is -5.03. The molecule has 0 amide bonds. The fourth-order valence-corrected chi connectivity index (χ4v) is 2.20. The highest BCUT2D eigenvalue weighted by Crippen LogP contribution is 2.36. The van der Waals surface area contributed by atoms with Crippen molar-refractivity contribution in [2.45, 2.75) is 18.8 Å². The predicted octanol–water partition coefficient (Wildman–Crippen LogP) is 4.96. The summed E-state index contributed by atoms with van der Waals surface area (Å²) < 4.78 is 76.9. The Morgan fingerprint density at radius 2 is 1.40 bits per heavy atom. The molecule has 2 aromatic rings. The molecule has 0 N–H and O–H groups in total. The lowest BCUT2D eigenvalue weighted by molar-refractivity contribution is -0.143. The molecule has 8 heteroatoms. The summed E-state index contributed by atoms with van der Waals surface area (Å²) in [5.74, 6) is -0.953. The summed E-state index contributed by atoms with van der Waals surface area (Å²) in [6, 6.07) is 6.52. The summed E-state index contributed by atoms with van der Waals surface area (Å²) in [5, 5.41) is 0. The van der Waals surface area contributed by atoms with Crippen molar-refractivity contribution in [3.05, 3.63) is 70.3 Å². The molecular weight excluding hydrogens is 350 g/mol. The van der Waals surface area contributed by atoms with Gasteiger partial charge in [0, 0.05) is 17.5 Å². The van der Waals surface area contributed by atoms with Crippen molar-refractivity contribution in [2.24, 2.45) is 0 Å². The van der Waals surface area contributed by atoms with E-state index in [1.54, 1.807) is 0 Å². The Morgan fingerprint density at radius 3 is 1.88 bits per heavy atom. The summed E-state index contributed by atoms with van der Waals surface area (Å²) in [6.45, 7) is 0. The van der Waals surface area contributed by atoms with E-state index < -0.39 is 41.2 Å². The quantitative estimate of drug-likeness (QED) is 0.439.